The van der Waals surface area contributed by atoms with Crippen LogP contribution in [0.5, 0.6) is 0 Å². The van der Waals surface area contributed by atoms with Crippen molar-refractivity contribution in [1.29, 1.82) is 0 Å². The monoisotopic (exact) mass is 1200 g/mol. The largest absolute Gasteiger partial charge is 0.508 e. The fraction of sp³-hybridized carbons (Fsp3) is 0.802. The maximum Gasteiger partial charge on any atom is 0.339 e. The Bertz CT molecular complexity index is 3350. The summed E-state index contributed by atoms with van der Waals surface area (Å²) < 4.78 is 15.5. The molecule has 20 rings (SSSR count). The average molecular weight is 1200 g/mol. The van der Waals surface area contributed by atoms with Crippen LogP contribution in [0.25, 0.3) is 0 Å². The number of aryl methyl sites for hydroxylation is 1. The molecule has 8 heteroatoms. The van der Waals surface area contributed by atoms with E-state index in [0.717, 1.165) is 86.4 Å². The van der Waals surface area contributed by atoms with E-state index in [-0.39, 0.29) is 47.1 Å². The summed E-state index contributed by atoms with van der Waals surface area (Å²) in [6.45, 7) is 10.4. The maximum absolute atomic E-state index is 17.5. The predicted octanol–water partition coefficient (Wildman–Crippen LogP) is 17.3. The molecule has 8 saturated carbocycles. The van der Waals surface area contributed by atoms with Crippen molar-refractivity contribution in [3.05, 3.63) is 80.5 Å². The number of aliphatic hydroxyl groups is 1. The highest BCUT2D eigenvalue weighted by Crippen LogP contribution is 2.90. The van der Waals surface area contributed by atoms with Gasteiger partial charge in [0.1, 0.15) is 11.2 Å². The van der Waals surface area contributed by atoms with Gasteiger partial charge in [-0.1, -0.05) is 113 Å². The van der Waals surface area contributed by atoms with Crippen molar-refractivity contribution < 1.29 is 24.2 Å². The number of nitrogens with two attached hydrogens (primary N) is 1. The number of esters is 2. The first-order valence-corrected chi connectivity index (χ1v) is 38.7. The first kappa shape index (κ1) is 56.0. The van der Waals surface area contributed by atoms with Crippen molar-refractivity contribution in [3.63, 3.8) is 0 Å². The quantitative estimate of drug-likeness (QED) is 0.196. The summed E-state index contributed by atoms with van der Waals surface area (Å²) in [7, 11) is 0. The number of ether oxygens (including phenoxy) is 2. The molecule has 1 aromatic carbocycles. The highest BCUT2D eigenvalue weighted by molar-refractivity contribution is 6.00. The zero-order valence-corrected chi connectivity index (χ0v) is 55.1. The number of aliphatic hydroxyl groups excluding tert-OH is 1. The molecule has 7 aliphatic heterocycles. The SMILES string of the molecule is CC(C)CCC1CCC2(CCCC(C3C=C4CCC56CC4C4=C7CCC89C(=C(O)C%10CCC%11C%12CC(CN%11C%10C%10CC%11(CCCC%11)C%11(CCCC%11%13CCCC%13)C%10)C%10CCC(=C(C75)N%10C%12)CC6C)OC(=O)C48C(C3)C93OC(=O)c4c(CCCN)cccc43)C2)C1. The van der Waals surface area contributed by atoms with E-state index in [1.165, 1.54) is 185 Å². The van der Waals surface area contributed by atoms with Crippen LogP contribution in [-0.4, -0.2) is 64.6 Å². The van der Waals surface area contributed by atoms with Gasteiger partial charge in [0.15, 0.2) is 11.4 Å². The molecule has 478 valence electrons. The van der Waals surface area contributed by atoms with Gasteiger partial charge >= 0.3 is 11.9 Å². The van der Waals surface area contributed by atoms with Crippen molar-refractivity contribution in [2.24, 2.45) is 115 Å². The van der Waals surface area contributed by atoms with Crippen LogP contribution < -0.4 is 5.73 Å². The lowest BCUT2D eigenvalue weighted by Crippen LogP contribution is -2.78. The smallest absolute Gasteiger partial charge is 0.339 e. The average Bonchev–Trinajstić information content (AvgIpc) is 1.23. The fourth-order valence-electron chi connectivity index (χ4n) is 31.5. The Morgan fingerprint density at radius 2 is 1.60 bits per heavy atom. The molecule has 12 aliphatic carbocycles. The number of hydrogen-bond acceptors (Lipinski definition) is 8. The van der Waals surface area contributed by atoms with Crippen LogP contribution in [-0.2, 0) is 26.3 Å². The summed E-state index contributed by atoms with van der Waals surface area (Å²) in [6.07, 6.45) is 47.6. The zero-order valence-electron chi connectivity index (χ0n) is 55.1. The lowest BCUT2D eigenvalue weighted by Gasteiger charge is -2.74. The lowest BCUT2D eigenvalue weighted by molar-refractivity contribution is -0.284. The third-order valence-electron chi connectivity index (χ3n) is 34.0. The van der Waals surface area contributed by atoms with E-state index in [9.17, 15) is 5.11 Å². The topological polar surface area (TPSA) is 105 Å². The number of hydrogen-bond donors (Lipinski definition) is 2. The van der Waals surface area contributed by atoms with E-state index >= 15 is 9.59 Å². The van der Waals surface area contributed by atoms with E-state index in [1.807, 2.05) is 0 Å². The van der Waals surface area contributed by atoms with Crippen LogP contribution in [0.2, 0.25) is 0 Å². The number of carbonyl (C=O) groups excluding carboxylic acids is 2. The van der Waals surface area contributed by atoms with E-state index in [0.29, 0.717) is 93.7 Å². The number of nitrogens with zero attached hydrogens (tertiary/aromatic N) is 2. The van der Waals surface area contributed by atoms with E-state index in [2.05, 4.69) is 54.8 Å². The number of rotatable bonds is 8. The van der Waals surface area contributed by atoms with Gasteiger partial charge in [-0.25, -0.2) is 4.79 Å². The van der Waals surface area contributed by atoms with Crippen molar-refractivity contribution >= 4 is 11.9 Å². The second kappa shape index (κ2) is 19.0. The van der Waals surface area contributed by atoms with Gasteiger partial charge in [-0.15, -0.1) is 0 Å². The molecule has 20 atom stereocenters. The standard InChI is InChI=1S/C81H109N3O5/c1-47(2)16-17-49-22-32-74(40-49)25-9-13-53(41-74)54-37-51-23-33-77-44-60(51)66-58-24-34-79-71(88-73(87)80(66,79)64(39-54)81(79)61-15-8-12-50(14-10-35-82)65(61)72(86)89-81)70(85)59-19-21-63-56-38-55(62-20-18-52(36-48(77)3)69(67(58)77)84(62)46-56)45-83(63)68(59)57-42-76(28-6-7-29-76)78(43-57)31-11-30-75(78)26-4-5-27-75/h8,12,15,37,47-49,53-57,59-60,62-64,67-68,85H,4-7,9-11,13-14,16-36,38-46,82H2,1-3H3. The summed E-state index contributed by atoms with van der Waals surface area (Å²) in [5.74, 6) is 5.40. The molecule has 4 saturated heterocycles. The Hall–Kier alpha value is -3.36. The first-order chi connectivity index (χ1) is 43.3. The van der Waals surface area contributed by atoms with Gasteiger partial charge in [0.05, 0.1) is 11.0 Å². The van der Waals surface area contributed by atoms with Gasteiger partial charge in [0.2, 0.25) is 0 Å². The second-order valence-electron chi connectivity index (χ2n) is 36.8. The third-order valence-corrected chi connectivity index (χ3v) is 34.0. The van der Waals surface area contributed by atoms with Crippen molar-refractivity contribution in [3.8, 4) is 0 Å². The summed E-state index contributed by atoms with van der Waals surface area (Å²) in [5.41, 5.74) is 15.9. The highest BCUT2D eigenvalue weighted by atomic mass is 16.6. The lowest BCUT2D eigenvalue weighted by atomic mass is 9.26. The Balaban J connectivity index is 0.831. The molecule has 12 fully saturated rings. The number of allylic oxidation sites excluding steroid dienone is 4. The van der Waals surface area contributed by atoms with Crippen LogP contribution in [0, 0.1) is 109 Å². The fourth-order valence-corrected chi connectivity index (χ4v) is 31.5. The van der Waals surface area contributed by atoms with Gasteiger partial charge in [-0.2, -0.15) is 0 Å². The van der Waals surface area contributed by atoms with Crippen LogP contribution in [0.3, 0.4) is 0 Å². The Morgan fingerprint density at radius 1 is 0.764 bits per heavy atom. The molecule has 19 aliphatic rings. The van der Waals surface area contributed by atoms with Gasteiger partial charge < -0.3 is 25.2 Å². The minimum absolute atomic E-state index is 0.0783. The van der Waals surface area contributed by atoms with Crippen LogP contribution >= 0.6 is 0 Å². The first-order valence-electron chi connectivity index (χ1n) is 38.7. The molecule has 0 amide bonds. The number of benzene rings is 1. The molecular weight excluding hydrogens is 1090 g/mol. The minimum atomic E-state index is -1.16. The molecule has 0 aromatic heterocycles. The number of piperidine rings is 3. The van der Waals surface area contributed by atoms with Crippen LogP contribution in [0.15, 0.2) is 63.8 Å². The third kappa shape index (κ3) is 6.66. The summed E-state index contributed by atoms with van der Waals surface area (Å²) in [6, 6.07) is 7.93. The molecule has 8 nitrogen and oxygen atoms in total. The summed E-state index contributed by atoms with van der Waals surface area (Å²) >= 11 is 0. The van der Waals surface area contributed by atoms with Gasteiger partial charge in [0.25, 0.3) is 0 Å². The van der Waals surface area contributed by atoms with Gasteiger partial charge in [0, 0.05) is 66.1 Å². The molecule has 7 heterocycles. The van der Waals surface area contributed by atoms with Crippen LogP contribution in [0.4, 0.5) is 0 Å². The van der Waals surface area contributed by atoms with Crippen LogP contribution in [0.1, 0.15) is 267 Å². The molecule has 3 N–H and O–H groups in total. The molecule has 9 bridgehead atoms. The molecule has 0 radical (unpaired) electrons. The van der Waals surface area contributed by atoms with Gasteiger partial charge in [-0.05, 0) is 272 Å². The molecule has 89 heavy (non-hydrogen) atoms. The van der Waals surface area contributed by atoms with Crippen molar-refractivity contribution in [2.75, 3.05) is 19.6 Å². The Labute approximate surface area is 533 Å². The van der Waals surface area contributed by atoms with Gasteiger partial charge in [-0.3, -0.25) is 9.69 Å². The number of carbonyl (C=O) groups is 2. The van der Waals surface area contributed by atoms with E-state index < -0.39 is 16.4 Å². The second-order valence-corrected chi connectivity index (χ2v) is 36.8. The normalized spacial score (nSPS) is 48.5. The molecule has 20 unspecified atom stereocenters. The summed E-state index contributed by atoms with van der Waals surface area (Å²) in [4.78, 5) is 39.8. The molecule has 8 spiro atoms. The van der Waals surface area contributed by atoms with E-state index in [4.69, 9.17) is 15.2 Å². The Morgan fingerprint density at radius 3 is 2.44 bits per heavy atom. The minimum Gasteiger partial charge on any atom is -0.508 e. The summed E-state index contributed by atoms with van der Waals surface area (Å²) in [5, 5.41) is 14.9. The highest BCUT2D eigenvalue weighted by Gasteiger charge is 2.95. The maximum atomic E-state index is 17.5. The molecule has 1 aromatic rings. The zero-order chi connectivity index (χ0) is 59.6. The molecular formula is C81H109N3O5. The van der Waals surface area contributed by atoms with Crippen molar-refractivity contribution in [1.82, 2.24) is 9.80 Å². The van der Waals surface area contributed by atoms with E-state index in [1.54, 1.807) is 22.4 Å². The predicted molar refractivity (Wildman–Crippen MR) is 346 cm³/mol. The number of fused-ring (bicyclic) bond motifs is 10. The van der Waals surface area contributed by atoms with Crippen molar-refractivity contribution in [2.45, 2.75) is 276 Å². The Kier molecular flexibility index (Phi) is 11.9.